The molecule has 0 saturated carbocycles. The van der Waals surface area contributed by atoms with Crippen molar-refractivity contribution in [2.24, 2.45) is 11.1 Å². The first kappa shape index (κ1) is 14.6. The summed E-state index contributed by atoms with van der Waals surface area (Å²) in [6.07, 6.45) is 4.78. The molecule has 0 aliphatic carbocycles. The van der Waals surface area contributed by atoms with Gasteiger partial charge in [0.1, 0.15) is 12.4 Å². The minimum absolute atomic E-state index is 0.238. The predicted octanol–water partition coefficient (Wildman–Crippen LogP) is 2.80. The second kappa shape index (κ2) is 6.09. The number of nitrogens with two attached hydrogens (primary N) is 1. The molecule has 0 atom stereocenters. The fourth-order valence-electron chi connectivity index (χ4n) is 2.11. The lowest BCUT2D eigenvalue weighted by Gasteiger charge is -2.19. The molecule has 4 nitrogen and oxygen atoms in total. The topological polar surface area (TPSA) is 53.1 Å². The Balaban J connectivity index is 2.18. The fraction of sp³-hybridized carbons (Fsp3) is 0.438. The van der Waals surface area contributed by atoms with Gasteiger partial charge in [-0.05, 0) is 36.1 Å². The maximum absolute atomic E-state index is 5.49. The maximum atomic E-state index is 5.49. The average molecular weight is 273 g/mol. The molecule has 20 heavy (non-hydrogen) atoms. The quantitative estimate of drug-likeness (QED) is 0.911. The van der Waals surface area contributed by atoms with Gasteiger partial charge in [-0.3, -0.25) is 0 Å². The Morgan fingerprint density at radius 3 is 2.50 bits per heavy atom. The van der Waals surface area contributed by atoms with E-state index in [1.807, 2.05) is 36.8 Å². The Kier molecular flexibility index (Phi) is 4.45. The van der Waals surface area contributed by atoms with Crippen LogP contribution in [0.4, 0.5) is 0 Å². The highest BCUT2D eigenvalue weighted by atomic mass is 16.5. The Bertz CT molecular complexity index is 538. The molecule has 108 valence electrons. The predicted molar refractivity (Wildman–Crippen MR) is 81.3 cm³/mol. The van der Waals surface area contributed by atoms with Crippen molar-refractivity contribution in [2.45, 2.75) is 27.2 Å². The first-order chi connectivity index (χ1) is 9.49. The molecular formula is C16H23N3O. The van der Waals surface area contributed by atoms with E-state index in [-0.39, 0.29) is 5.41 Å². The van der Waals surface area contributed by atoms with Crippen LogP contribution in [0.1, 0.15) is 26.5 Å². The van der Waals surface area contributed by atoms with Gasteiger partial charge in [-0.25, -0.2) is 4.98 Å². The summed E-state index contributed by atoms with van der Waals surface area (Å²) < 4.78 is 7.61. The molecule has 0 amide bonds. The van der Waals surface area contributed by atoms with Gasteiger partial charge < -0.3 is 15.0 Å². The van der Waals surface area contributed by atoms with Crippen molar-refractivity contribution in [3.05, 3.63) is 42.5 Å². The van der Waals surface area contributed by atoms with Gasteiger partial charge in [-0.2, -0.15) is 0 Å². The normalized spacial score (nSPS) is 11.6. The monoisotopic (exact) mass is 273 g/mol. The second-order valence-electron chi connectivity index (χ2n) is 6.12. The molecule has 2 aromatic rings. The lowest BCUT2D eigenvalue weighted by Crippen LogP contribution is -2.12. The molecule has 0 aliphatic heterocycles. The molecule has 1 aromatic carbocycles. The lowest BCUT2D eigenvalue weighted by molar-refractivity contribution is 0.328. The van der Waals surface area contributed by atoms with Gasteiger partial charge in [0.15, 0.2) is 0 Å². The lowest BCUT2D eigenvalue weighted by atomic mass is 9.91. The number of ether oxygens (including phenoxy) is 1. The molecular weight excluding hydrogens is 250 g/mol. The number of hydrogen-bond acceptors (Lipinski definition) is 3. The van der Waals surface area contributed by atoms with Gasteiger partial charge in [-0.15, -0.1) is 0 Å². The summed E-state index contributed by atoms with van der Waals surface area (Å²) in [5.41, 5.74) is 7.98. The van der Waals surface area contributed by atoms with Gasteiger partial charge in [0.25, 0.3) is 0 Å². The number of hydrogen-bond donors (Lipinski definition) is 1. The second-order valence-corrected chi connectivity index (χ2v) is 6.12. The molecule has 2 N–H and O–H groups in total. The maximum Gasteiger partial charge on any atom is 0.119 e. The Labute approximate surface area is 120 Å². The molecule has 0 radical (unpaired) electrons. The van der Waals surface area contributed by atoms with Crippen molar-refractivity contribution < 1.29 is 4.74 Å². The van der Waals surface area contributed by atoms with Gasteiger partial charge >= 0.3 is 0 Å². The molecule has 4 heteroatoms. The standard InChI is InChI=1S/C16H23N3O/c1-16(2,3)10-14-11-18-12-19(14)13-4-6-15(7-5-13)20-9-8-17/h4-7,11-12H,8-10,17H2,1-3H3. The largest absolute Gasteiger partial charge is 0.492 e. The zero-order valence-electron chi connectivity index (χ0n) is 12.5. The minimum Gasteiger partial charge on any atom is -0.492 e. The number of imidazole rings is 1. The third-order valence-corrected chi connectivity index (χ3v) is 2.93. The molecule has 0 spiro atoms. The Morgan fingerprint density at radius 2 is 1.90 bits per heavy atom. The van der Waals surface area contributed by atoms with E-state index >= 15 is 0 Å². The average Bonchev–Trinajstić information content (AvgIpc) is 2.83. The van der Waals surface area contributed by atoms with E-state index < -0.39 is 0 Å². The summed E-state index contributed by atoms with van der Waals surface area (Å²) in [4.78, 5) is 4.27. The van der Waals surface area contributed by atoms with Crippen molar-refractivity contribution >= 4 is 0 Å². The van der Waals surface area contributed by atoms with Crippen LogP contribution in [0.15, 0.2) is 36.8 Å². The molecule has 0 bridgehead atoms. The van der Waals surface area contributed by atoms with Crippen LogP contribution in [-0.2, 0) is 6.42 Å². The van der Waals surface area contributed by atoms with E-state index in [4.69, 9.17) is 10.5 Å². The van der Waals surface area contributed by atoms with Crippen LogP contribution in [0.25, 0.3) is 5.69 Å². The highest BCUT2D eigenvalue weighted by Gasteiger charge is 2.15. The minimum atomic E-state index is 0.238. The van der Waals surface area contributed by atoms with Crippen LogP contribution >= 0.6 is 0 Å². The summed E-state index contributed by atoms with van der Waals surface area (Å²) >= 11 is 0. The first-order valence-electron chi connectivity index (χ1n) is 6.94. The molecule has 2 rings (SSSR count). The number of nitrogens with zero attached hydrogens (tertiary/aromatic N) is 2. The molecule has 0 fully saturated rings. The molecule has 1 aromatic heterocycles. The molecule has 0 unspecified atom stereocenters. The van der Waals surface area contributed by atoms with E-state index in [1.165, 1.54) is 5.69 Å². The van der Waals surface area contributed by atoms with E-state index in [1.54, 1.807) is 0 Å². The molecule has 1 heterocycles. The van der Waals surface area contributed by atoms with Crippen molar-refractivity contribution in [3.63, 3.8) is 0 Å². The summed E-state index contributed by atoms with van der Waals surface area (Å²) in [5.74, 6) is 0.844. The van der Waals surface area contributed by atoms with Gasteiger partial charge in [-0.1, -0.05) is 20.8 Å². The summed E-state index contributed by atoms with van der Waals surface area (Å²) in [6.45, 7) is 7.76. The third kappa shape index (κ3) is 3.84. The highest BCUT2D eigenvalue weighted by Crippen LogP contribution is 2.23. The smallest absolute Gasteiger partial charge is 0.119 e. The van der Waals surface area contributed by atoms with Crippen molar-refractivity contribution in [3.8, 4) is 11.4 Å². The van der Waals surface area contributed by atoms with Crippen LogP contribution in [-0.4, -0.2) is 22.7 Å². The van der Waals surface area contributed by atoms with Crippen LogP contribution in [0.2, 0.25) is 0 Å². The van der Waals surface area contributed by atoms with Gasteiger partial charge in [0.2, 0.25) is 0 Å². The van der Waals surface area contributed by atoms with Crippen LogP contribution in [0, 0.1) is 5.41 Å². The van der Waals surface area contributed by atoms with Gasteiger partial charge in [0, 0.05) is 24.1 Å². The number of aromatic nitrogens is 2. The SMILES string of the molecule is CC(C)(C)Cc1cncn1-c1ccc(OCCN)cc1. The van der Waals surface area contributed by atoms with Crippen LogP contribution in [0.3, 0.4) is 0 Å². The third-order valence-electron chi connectivity index (χ3n) is 2.93. The van der Waals surface area contributed by atoms with Crippen molar-refractivity contribution in [1.82, 2.24) is 9.55 Å². The fourth-order valence-corrected chi connectivity index (χ4v) is 2.11. The number of rotatable bonds is 5. The van der Waals surface area contributed by atoms with E-state index in [0.717, 1.165) is 17.9 Å². The highest BCUT2D eigenvalue weighted by molar-refractivity contribution is 5.38. The Morgan fingerprint density at radius 1 is 1.20 bits per heavy atom. The number of benzene rings is 1. The zero-order valence-corrected chi connectivity index (χ0v) is 12.5. The van der Waals surface area contributed by atoms with E-state index in [9.17, 15) is 0 Å². The summed E-state index contributed by atoms with van der Waals surface area (Å²) in [5, 5.41) is 0. The Hall–Kier alpha value is -1.81. The van der Waals surface area contributed by atoms with Crippen molar-refractivity contribution in [1.29, 1.82) is 0 Å². The van der Waals surface area contributed by atoms with E-state index in [0.29, 0.717) is 13.2 Å². The molecule has 0 saturated heterocycles. The van der Waals surface area contributed by atoms with Crippen LogP contribution in [0.5, 0.6) is 5.75 Å². The van der Waals surface area contributed by atoms with Crippen molar-refractivity contribution in [2.75, 3.05) is 13.2 Å². The summed E-state index contributed by atoms with van der Waals surface area (Å²) in [6, 6.07) is 8.01. The summed E-state index contributed by atoms with van der Waals surface area (Å²) in [7, 11) is 0. The molecule has 0 aliphatic rings. The van der Waals surface area contributed by atoms with Gasteiger partial charge in [0.05, 0.1) is 6.33 Å². The first-order valence-corrected chi connectivity index (χ1v) is 6.94. The van der Waals surface area contributed by atoms with Crippen LogP contribution < -0.4 is 10.5 Å². The zero-order chi connectivity index (χ0) is 14.6. The van der Waals surface area contributed by atoms with E-state index in [2.05, 4.69) is 30.3 Å².